The van der Waals surface area contributed by atoms with Gasteiger partial charge >= 0.3 is 0 Å². The van der Waals surface area contributed by atoms with E-state index in [-0.39, 0.29) is 0 Å². The van der Waals surface area contributed by atoms with E-state index < -0.39 is 0 Å². The molecule has 0 aliphatic carbocycles. The lowest BCUT2D eigenvalue weighted by atomic mass is 10.1. The summed E-state index contributed by atoms with van der Waals surface area (Å²) in [6, 6.07) is 6.00. The molecule has 0 atom stereocenters. The lowest BCUT2D eigenvalue weighted by molar-refractivity contribution is 0.469. The summed E-state index contributed by atoms with van der Waals surface area (Å²) in [6.07, 6.45) is 0. The first kappa shape index (κ1) is 13.0. The van der Waals surface area contributed by atoms with E-state index in [2.05, 4.69) is 35.4 Å². The summed E-state index contributed by atoms with van der Waals surface area (Å²) < 4.78 is 5.77. The predicted octanol–water partition coefficient (Wildman–Crippen LogP) is 3.06. The molecule has 2 rings (SSSR count). The maximum Gasteiger partial charge on any atom is 0.299 e. The van der Waals surface area contributed by atoms with Gasteiger partial charge in [0.2, 0.25) is 0 Å². The number of rotatable bonds is 5. The molecule has 18 heavy (non-hydrogen) atoms. The van der Waals surface area contributed by atoms with Crippen LogP contribution in [0.5, 0.6) is 10.9 Å². The standard InChI is InChI=1S/C13H17N3OS/c1-4-14-8-12-15-16-13(18-12)17-11-7-5-6-9(2)10(11)3/h5-7,14H,4,8H2,1-3H3. The van der Waals surface area contributed by atoms with Gasteiger partial charge < -0.3 is 10.1 Å². The number of nitrogens with zero attached hydrogens (tertiary/aromatic N) is 2. The SMILES string of the molecule is CCNCc1nnc(Oc2cccc(C)c2C)s1. The highest BCUT2D eigenvalue weighted by Gasteiger charge is 2.08. The fourth-order valence-electron chi connectivity index (χ4n) is 1.51. The van der Waals surface area contributed by atoms with E-state index in [4.69, 9.17) is 4.74 Å². The van der Waals surface area contributed by atoms with Gasteiger partial charge in [-0.05, 0) is 37.6 Å². The molecule has 0 saturated carbocycles. The van der Waals surface area contributed by atoms with Crippen LogP contribution in [-0.4, -0.2) is 16.7 Å². The molecule has 2 aromatic rings. The van der Waals surface area contributed by atoms with E-state index >= 15 is 0 Å². The third-order valence-corrected chi connectivity index (χ3v) is 3.53. The van der Waals surface area contributed by atoms with Gasteiger partial charge in [0.15, 0.2) is 0 Å². The Hall–Kier alpha value is -1.46. The van der Waals surface area contributed by atoms with E-state index in [1.165, 1.54) is 16.9 Å². The fourth-order valence-corrected chi connectivity index (χ4v) is 2.18. The summed E-state index contributed by atoms with van der Waals surface area (Å²) in [5.74, 6) is 0.848. The van der Waals surface area contributed by atoms with Crippen LogP contribution in [0.15, 0.2) is 18.2 Å². The largest absolute Gasteiger partial charge is 0.430 e. The number of benzene rings is 1. The van der Waals surface area contributed by atoms with Gasteiger partial charge in [-0.1, -0.05) is 35.5 Å². The molecule has 0 unspecified atom stereocenters. The zero-order valence-corrected chi connectivity index (χ0v) is 11.7. The van der Waals surface area contributed by atoms with Crippen LogP contribution in [0.2, 0.25) is 0 Å². The van der Waals surface area contributed by atoms with Gasteiger partial charge in [0.25, 0.3) is 5.19 Å². The number of aryl methyl sites for hydroxylation is 1. The van der Waals surface area contributed by atoms with Crippen LogP contribution in [0, 0.1) is 13.8 Å². The normalized spacial score (nSPS) is 10.6. The van der Waals surface area contributed by atoms with Gasteiger partial charge in [-0.15, -0.1) is 5.10 Å². The summed E-state index contributed by atoms with van der Waals surface area (Å²) in [4.78, 5) is 0. The number of nitrogens with one attached hydrogen (secondary N) is 1. The van der Waals surface area contributed by atoms with Crippen molar-refractivity contribution >= 4 is 11.3 Å². The van der Waals surface area contributed by atoms with Crippen molar-refractivity contribution in [2.24, 2.45) is 0 Å². The molecule has 0 aliphatic heterocycles. The molecule has 0 saturated heterocycles. The summed E-state index contributed by atoms with van der Waals surface area (Å²) in [7, 11) is 0. The first-order valence-corrected chi connectivity index (χ1v) is 6.79. The van der Waals surface area contributed by atoms with Crippen LogP contribution in [0.25, 0.3) is 0 Å². The smallest absolute Gasteiger partial charge is 0.299 e. The number of hydrogen-bond acceptors (Lipinski definition) is 5. The third-order valence-electron chi connectivity index (χ3n) is 2.73. The highest BCUT2D eigenvalue weighted by Crippen LogP contribution is 2.28. The van der Waals surface area contributed by atoms with E-state index in [1.807, 2.05) is 19.1 Å². The highest BCUT2D eigenvalue weighted by molar-refractivity contribution is 7.13. The van der Waals surface area contributed by atoms with Crippen molar-refractivity contribution < 1.29 is 4.74 Å². The molecule has 0 bridgehead atoms. The minimum atomic E-state index is 0.594. The van der Waals surface area contributed by atoms with Gasteiger partial charge in [-0.3, -0.25) is 0 Å². The molecule has 0 amide bonds. The Morgan fingerprint density at radius 3 is 2.89 bits per heavy atom. The Labute approximate surface area is 111 Å². The van der Waals surface area contributed by atoms with Gasteiger partial charge in [-0.2, -0.15) is 0 Å². The lowest BCUT2D eigenvalue weighted by Gasteiger charge is -2.06. The average Bonchev–Trinajstić information content (AvgIpc) is 2.80. The maximum absolute atomic E-state index is 5.77. The second kappa shape index (κ2) is 5.93. The zero-order chi connectivity index (χ0) is 13.0. The van der Waals surface area contributed by atoms with Crippen molar-refractivity contribution in [3.05, 3.63) is 34.3 Å². The molecule has 4 nitrogen and oxygen atoms in total. The third kappa shape index (κ3) is 3.05. The highest BCUT2D eigenvalue weighted by atomic mass is 32.1. The monoisotopic (exact) mass is 263 g/mol. The van der Waals surface area contributed by atoms with E-state index in [0.29, 0.717) is 5.19 Å². The van der Waals surface area contributed by atoms with Crippen LogP contribution in [0.3, 0.4) is 0 Å². The molecule has 0 spiro atoms. The van der Waals surface area contributed by atoms with Crippen LogP contribution in [0.4, 0.5) is 0 Å². The minimum Gasteiger partial charge on any atom is -0.430 e. The molecule has 96 valence electrons. The average molecular weight is 263 g/mol. The Morgan fingerprint density at radius 2 is 2.11 bits per heavy atom. The quantitative estimate of drug-likeness (QED) is 0.900. The van der Waals surface area contributed by atoms with Gasteiger partial charge in [0, 0.05) is 6.54 Å². The number of hydrogen-bond donors (Lipinski definition) is 1. The molecular formula is C13H17N3OS. The summed E-state index contributed by atoms with van der Waals surface area (Å²) >= 11 is 1.48. The summed E-state index contributed by atoms with van der Waals surface area (Å²) in [5.41, 5.74) is 2.35. The Morgan fingerprint density at radius 1 is 1.28 bits per heavy atom. The molecule has 0 radical (unpaired) electrons. The Kier molecular flexibility index (Phi) is 4.28. The van der Waals surface area contributed by atoms with Crippen LogP contribution in [0.1, 0.15) is 23.1 Å². The second-order valence-corrected chi connectivity index (χ2v) is 5.07. The molecule has 1 aromatic heterocycles. The van der Waals surface area contributed by atoms with E-state index in [0.717, 1.165) is 29.4 Å². The van der Waals surface area contributed by atoms with Crippen LogP contribution in [-0.2, 0) is 6.54 Å². The molecule has 5 heteroatoms. The predicted molar refractivity (Wildman–Crippen MR) is 73.3 cm³/mol. The van der Waals surface area contributed by atoms with Crippen LogP contribution < -0.4 is 10.1 Å². The molecule has 1 N–H and O–H groups in total. The molecule has 0 aliphatic rings. The van der Waals surface area contributed by atoms with Crippen molar-refractivity contribution in [2.45, 2.75) is 27.3 Å². The topological polar surface area (TPSA) is 47.0 Å². The van der Waals surface area contributed by atoms with Crippen molar-refractivity contribution in [1.29, 1.82) is 0 Å². The summed E-state index contributed by atoms with van der Waals surface area (Å²) in [5, 5.41) is 12.9. The molecule has 0 fully saturated rings. The van der Waals surface area contributed by atoms with Gasteiger partial charge in [0.1, 0.15) is 10.8 Å². The van der Waals surface area contributed by atoms with Crippen molar-refractivity contribution in [3.63, 3.8) is 0 Å². The fraction of sp³-hybridized carbons (Fsp3) is 0.385. The Bertz CT molecular complexity index is 525. The number of ether oxygens (including phenoxy) is 1. The van der Waals surface area contributed by atoms with E-state index in [9.17, 15) is 0 Å². The Balaban J connectivity index is 2.09. The lowest BCUT2D eigenvalue weighted by Crippen LogP contribution is -2.11. The second-order valence-electron chi connectivity index (χ2n) is 4.04. The zero-order valence-electron chi connectivity index (χ0n) is 10.9. The van der Waals surface area contributed by atoms with Crippen LogP contribution >= 0.6 is 11.3 Å². The van der Waals surface area contributed by atoms with Gasteiger partial charge in [0.05, 0.1) is 0 Å². The maximum atomic E-state index is 5.77. The van der Waals surface area contributed by atoms with Crippen molar-refractivity contribution in [3.8, 4) is 10.9 Å². The molecule has 1 aromatic carbocycles. The molecule has 1 heterocycles. The number of aromatic nitrogens is 2. The van der Waals surface area contributed by atoms with Gasteiger partial charge in [-0.25, -0.2) is 0 Å². The molecular weight excluding hydrogens is 246 g/mol. The first-order valence-electron chi connectivity index (χ1n) is 5.98. The van der Waals surface area contributed by atoms with Crippen molar-refractivity contribution in [2.75, 3.05) is 6.54 Å². The van der Waals surface area contributed by atoms with Crippen molar-refractivity contribution in [1.82, 2.24) is 15.5 Å². The first-order chi connectivity index (χ1) is 8.70. The summed E-state index contributed by atoms with van der Waals surface area (Å²) in [6.45, 7) is 7.84. The minimum absolute atomic E-state index is 0.594. The van der Waals surface area contributed by atoms with E-state index in [1.54, 1.807) is 0 Å².